The molecular formula is C21H26N4O3. The first-order chi connectivity index (χ1) is 13.7. The van der Waals surface area contributed by atoms with Gasteiger partial charge in [-0.1, -0.05) is 12.1 Å². The lowest BCUT2D eigenvalue weighted by Crippen LogP contribution is -2.45. The Morgan fingerprint density at radius 2 is 2.07 bits per heavy atom. The molecule has 0 spiro atoms. The highest BCUT2D eigenvalue weighted by Crippen LogP contribution is 2.20. The monoisotopic (exact) mass is 382 g/mol. The van der Waals surface area contributed by atoms with Crippen LogP contribution in [-0.4, -0.2) is 48.7 Å². The Morgan fingerprint density at radius 1 is 1.29 bits per heavy atom. The largest absolute Gasteiger partial charge is 0.497 e. The minimum absolute atomic E-state index is 0.0636. The normalized spacial score (nSPS) is 17.1. The van der Waals surface area contributed by atoms with Gasteiger partial charge >= 0.3 is 0 Å². The first-order valence-electron chi connectivity index (χ1n) is 9.81. The van der Waals surface area contributed by atoms with Crippen molar-refractivity contribution in [2.75, 3.05) is 31.7 Å². The summed E-state index contributed by atoms with van der Waals surface area (Å²) in [5.74, 6) is 1.66. The molecule has 0 radical (unpaired) electrons. The van der Waals surface area contributed by atoms with Gasteiger partial charge in [-0.2, -0.15) is 0 Å². The van der Waals surface area contributed by atoms with Crippen molar-refractivity contribution in [2.24, 2.45) is 0 Å². The third-order valence-electron chi connectivity index (χ3n) is 5.35. The smallest absolute Gasteiger partial charge is 0.225 e. The van der Waals surface area contributed by atoms with E-state index in [-0.39, 0.29) is 11.9 Å². The molecule has 0 saturated carbocycles. The van der Waals surface area contributed by atoms with Gasteiger partial charge in [0.15, 0.2) is 0 Å². The zero-order chi connectivity index (χ0) is 19.3. The predicted octanol–water partition coefficient (Wildman–Crippen LogP) is 1.89. The van der Waals surface area contributed by atoms with Gasteiger partial charge in [-0.05, 0) is 30.5 Å². The maximum Gasteiger partial charge on any atom is 0.225 e. The number of ether oxygens (including phenoxy) is 2. The highest BCUT2D eigenvalue weighted by molar-refractivity contribution is 5.78. The van der Waals surface area contributed by atoms with Crippen LogP contribution in [0.1, 0.15) is 29.7 Å². The molecule has 4 rings (SSSR count). The lowest BCUT2D eigenvalue weighted by Gasteiger charge is -2.33. The summed E-state index contributed by atoms with van der Waals surface area (Å²) in [5.41, 5.74) is 3.18. The molecular weight excluding hydrogens is 356 g/mol. The highest BCUT2D eigenvalue weighted by atomic mass is 16.5. The van der Waals surface area contributed by atoms with Gasteiger partial charge in [-0.15, -0.1) is 0 Å². The molecule has 0 bridgehead atoms. The van der Waals surface area contributed by atoms with Crippen LogP contribution in [0.25, 0.3) is 0 Å². The molecule has 0 aliphatic carbocycles. The maximum absolute atomic E-state index is 12.4. The van der Waals surface area contributed by atoms with Crippen molar-refractivity contribution >= 4 is 11.9 Å². The van der Waals surface area contributed by atoms with Crippen LogP contribution in [0.3, 0.4) is 0 Å². The molecule has 148 valence electrons. The number of fused-ring (bicyclic) bond motifs is 1. The Labute approximate surface area is 165 Å². The number of piperidine rings is 1. The molecule has 1 fully saturated rings. The molecule has 0 atom stereocenters. The van der Waals surface area contributed by atoms with Gasteiger partial charge in [0.2, 0.25) is 11.9 Å². The topological polar surface area (TPSA) is 76.6 Å². The minimum Gasteiger partial charge on any atom is -0.497 e. The molecule has 1 amide bonds. The number of nitrogens with one attached hydrogen (secondary N) is 1. The standard InChI is InChI=1S/C21H26N4O3/c1-27-18-4-2-15(3-5-18)12-20(26)23-17-6-9-25(10-7-17)21-22-13-16-14-28-11-8-19(16)24-21/h2-5,13,17H,6-12,14H2,1H3,(H,23,26). The summed E-state index contributed by atoms with van der Waals surface area (Å²) in [6.45, 7) is 3.04. The quantitative estimate of drug-likeness (QED) is 0.851. The summed E-state index contributed by atoms with van der Waals surface area (Å²) < 4.78 is 10.6. The van der Waals surface area contributed by atoms with Crippen LogP contribution in [0, 0.1) is 0 Å². The Morgan fingerprint density at radius 3 is 2.82 bits per heavy atom. The number of benzene rings is 1. The van der Waals surface area contributed by atoms with Crippen molar-refractivity contribution in [3.63, 3.8) is 0 Å². The molecule has 1 aromatic heterocycles. The number of amides is 1. The van der Waals surface area contributed by atoms with E-state index in [0.29, 0.717) is 13.0 Å². The van der Waals surface area contributed by atoms with Crippen LogP contribution in [0.4, 0.5) is 5.95 Å². The first kappa shape index (κ1) is 18.7. The maximum atomic E-state index is 12.4. The van der Waals surface area contributed by atoms with E-state index in [4.69, 9.17) is 14.5 Å². The van der Waals surface area contributed by atoms with E-state index in [1.165, 1.54) is 0 Å². The number of rotatable bonds is 5. The second-order valence-corrected chi connectivity index (χ2v) is 7.30. The van der Waals surface area contributed by atoms with Crippen molar-refractivity contribution in [3.8, 4) is 5.75 Å². The van der Waals surface area contributed by atoms with E-state index >= 15 is 0 Å². The Hall–Kier alpha value is -2.67. The number of nitrogens with zero attached hydrogens (tertiary/aromatic N) is 3. The van der Waals surface area contributed by atoms with Crippen LogP contribution in [0.2, 0.25) is 0 Å². The molecule has 7 nitrogen and oxygen atoms in total. The Kier molecular flexibility index (Phi) is 5.71. The lowest BCUT2D eigenvalue weighted by atomic mass is 10.0. The van der Waals surface area contributed by atoms with E-state index in [0.717, 1.165) is 67.5 Å². The SMILES string of the molecule is COc1ccc(CC(=O)NC2CCN(c3ncc4c(n3)CCOC4)CC2)cc1. The van der Waals surface area contributed by atoms with Crippen LogP contribution in [0.15, 0.2) is 30.5 Å². The first-order valence-corrected chi connectivity index (χ1v) is 9.81. The van der Waals surface area contributed by atoms with Gasteiger partial charge in [-0.25, -0.2) is 9.97 Å². The predicted molar refractivity (Wildman–Crippen MR) is 105 cm³/mol. The van der Waals surface area contributed by atoms with E-state index in [9.17, 15) is 4.79 Å². The molecule has 0 unspecified atom stereocenters. The fourth-order valence-electron chi connectivity index (χ4n) is 3.70. The van der Waals surface area contributed by atoms with Crippen molar-refractivity contribution < 1.29 is 14.3 Å². The summed E-state index contributed by atoms with van der Waals surface area (Å²) in [6, 6.07) is 7.82. The van der Waals surface area contributed by atoms with Crippen LogP contribution >= 0.6 is 0 Å². The summed E-state index contributed by atoms with van der Waals surface area (Å²) >= 11 is 0. The van der Waals surface area contributed by atoms with E-state index in [1.807, 2.05) is 30.5 Å². The van der Waals surface area contributed by atoms with Crippen molar-refractivity contribution in [3.05, 3.63) is 47.3 Å². The number of aromatic nitrogens is 2. The second kappa shape index (κ2) is 8.56. The average molecular weight is 382 g/mol. The van der Waals surface area contributed by atoms with Crippen molar-refractivity contribution in [1.29, 1.82) is 0 Å². The van der Waals surface area contributed by atoms with Gasteiger partial charge in [0.25, 0.3) is 0 Å². The number of hydrogen-bond acceptors (Lipinski definition) is 6. The van der Waals surface area contributed by atoms with E-state index < -0.39 is 0 Å². The fourth-order valence-corrected chi connectivity index (χ4v) is 3.70. The molecule has 2 aromatic rings. The molecule has 3 heterocycles. The molecule has 2 aliphatic rings. The zero-order valence-electron chi connectivity index (χ0n) is 16.2. The number of anilines is 1. The average Bonchev–Trinajstić information content (AvgIpc) is 2.74. The van der Waals surface area contributed by atoms with Crippen LogP contribution < -0.4 is 15.0 Å². The van der Waals surface area contributed by atoms with E-state index in [1.54, 1.807) is 7.11 Å². The number of carbonyl (C=O) groups is 1. The van der Waals surface area contributed by atoms with Gasteiger partial charge in [0.05, 0.1) is 32.4 Å². The Bertz CT molecular complexity index is 817. The zero-order valence-corrected chi connectivity index (χ0v) is 16.2. The number of hydrogen-bond donors (Lipinski definition) is 1. The summed E-state index contributed by atoms with van der Waals surface area (Å²) in [4.78, 5) is 23.8. The lowest BCUT2D eigenvalue weighted by molar-refractivity contribution is -0.121. The van der Waals surface area contributed by atoms with Crippen LogP contribution in [0.5, 0.6) is 5.75 Å². The molecule has 28 heavy (non-hydrogen) atoms. The highest BCUT2D eigenvalue weighted by Gasteiger charge is 2.23. The number of carbonyl (C=O) groups excluding carboxylic acids is 1. The minimum atomic E-state index is 0.0636. The summed E-state index contributed by atoms with van der Waals surface area (Å²) in [5, 5.41) is 3.16. The van der Waals surface area contributed by atoms with E-state index in [2.05, 4.69) is 15.2 Å². The van der Waals surface area contributed by atoms with Gasteiger partial charge in [0.1, 0.15) is 5.75 Å². The Balaban J connectivity index is 1.27. The second-order valence-electron chi connectivity index (χ2n) is 7.30. The molecule has 1 N–H and O–H groups in total. The third-order valence-corrected chi connectivity index (χ3v) is 5.35. The number of methoxy groups -OCH3 is 1. The van der Waals surface area contributed by atoms with Gasteiger partial charge in [0, 0.05) is 37.3 Å². The molecule has 1 aromatic carbocycles. The van der Waals surface area contributed by atoms with Crippen molar-refractivity contribution in [1.82, 2.24) is 15.3 Å². The summed E-state index contributed by atoms with van der Waals surface area (Å²) in [7, 11) is 1.64. The van der Waals surface area contributed by atoms with Crippen LogP contribution in [-0.2, 0) is 29.0 Å². The third kappa shape index (κ3) is 4.42. The van der Waals surface area contributed by atoms with Gasteiger partial charge in [-0.3, -0.25) is 4.79 Å². The molecule has 7 heteroatoms. The molecule has 1 saturated heterocycles. The van der Waals surface area contributed by atoms with Crippen molar-refractivity contribution in [2.45, 2.75) is 38.3 Å². The summed E-state index contributed by atoms with van der Waals surface area (Å²) in [6.07, 6.45) is 4.93. The van der Waals surface area contributed by atoms with Gasteiger partial charge < -0.3 is 19.7 Å². The fraction of sp³-hybridized carbons (Fsp3) is 0.476. The molecule has 2 aliphatic heterocycles.